The Kier molecular flexibility index (Phi) is 3.90. The third kappa shape index (κ3) is 3.25. The Hall–Kier alpha value is -1.51. The Balaban J connectivity index is 2.06. The van der Waals surface area contributed by atoms with Gasteiger partial charge in [0.25, 0.3) is 0 Å². The van der Waals surface area contributed by atoms with E-state index in [0.29, 0.717) is 5.92 Å². The molecule has 0 heterocycles. The van der Waals surface area contributed by atoms with Crippen LogP contribution in [0.4, 0.5) is 0 Å². The SMILES string of the molecule is COc1ccc(CC(CC(=O)O)C2CC2)cc1C. The molecule has 1 fully saturated rings. The smallest absolute Gasteiger partial charge is 0.303 e. The maximum atomic E-state index is 10.9. The van der Waals surface area contributed by atoms with E-state index in [1.54, 1.807) is 7.11 Å². The predicted molar refractivity (Wildman–Crippen MR) is 69.9 cm³/mol. The van der Waals surface area contributed by atoms with Crippen LogP contribution in [-0.2, 0) is 11.2 Å². The highest BCUT2D eigenvalue weighted by Gasteiger charge is 2.32. The lowest BCUT2D eigenvalue weighted by atomic mass is 9.91. The van der Waals surface area contributed by atoms with Gasteiger partial charge in [0.15, 0.2) is 0 Å². The molecule has 1 aromatic carbocycles. The highest BCUT2D eigenvalue weighted by molar-refractivity contribution is 5.67. The fourth-order valence-electron chi connectivity index (χ4n) is 2.57. The summed E-state index contributed by atoms with van der Waals surface area (Å²) in [5.74, 6) is 1.11. The summed E-state index contributed by atoms with van der Waals surface area (Å²) < 4.78 is 5.24. The van der Waals surface area contributed by atoms with E-state index in [2.05, 4.69) is 6.07 Å². The van der Waals surface area contributed by atoms with Crippen LogP contribution in [0.15, 0.2) is 18.2 Å². The number of methoxy groups -OCH3 is 1. The molecular formula is C15H20O3. The summed E-state index contributed by atoms with van der Waals surface area (Å²) in [6.07, 6.45) is 3.53. The van der Waals surface area contributed by atoms with Crippen LogP contribution in [0.2, 0.25) is 0 Å². The Labute approximate surface area is 108 Å². The van der Waals surface area contributed by atoms with E-state index in [1.165, 1.54) is 18.4 Å². The monoisotopic (exact) mass is 248 g/mol. The van der Waals surface area contributed by atoms with Gasteiger partial charge < -0.3 is 9.84 Å². The van der Waals surface area contributed by atoms with Gasteiger partial charge in [0.05, 0.1) is 7.11 Å². The molecule has 1 aliphatic rings. The van der Waals surface area contributed by atoms with Crippen molar-refractivity contribution in [1.82, 2.24) is 0 Å². The third-order valence-electron chi connectivity index (χ3n) is 3.68. The molecule has 18 heavy (non-hydrogen) atoms. The molecule has 1 N–H and O–H groups in total. The van der Waals surface area contributed by atoms with Crippen molar-refractivity contribution < 1.29 is 14.6 Å². The summed E-state index contributed by atoms with van der Waals surface area (Å²) in [6, 6.07) is 6.12. The molecule has 0 bridgehead atoms. The van der Waals surface area contributed by atoms with E-state index in [1.807, 2.05) is 19.1 Å². The number of rotatable bonds is 6. The average molecular weight is 248 g/mol. The van der Waals surface area contributed by atoms with Gasteiger partial charge >= 0.3 is 5.97 Å². The number of carboxylic acids is 1. The summed E-state index contributed by atoms with van der Waals surface area (Å²) in [5, 5.41) is 8.96. The van der Waals surface area contributed by atoms with E-state index in [9.17, 15) is 4.79 Å². The standard InChI is InChI=1S/C15H20O3/c1-10-7-11(3-6-14(10)18-2)8-13(9-15(16)17)12-4-5-12/h3,6-7,12-13H,4-5,8-9H2,1-2H3,(H,16,17). The molecular weight excluding hydrogens is 228 g/mol. The highest BCUT2D eigenvalue weighted by Crippen LogP contribution is 2.40. The molecule has 1 atom stereocenters. The summed E-state index contributed by atoms with van der Waals surface area (Å²) in [5.41, 5.74) is 2.33. The Morgan fingerprint density at radius 3 is 2.72 bits per heavy atom. The van der Waals surface area contributed by atoms with Crippen molar-refractivity contribution in [2.45, 2.75) is 32.6 Å². The highest BCUT2D eigenvalue weighted by atomic mass is 16.5. The van der Waals surface area contributed by atoms with Gasteiger partial charge in [-0.05, 0) is 55.2 Å². The predicted octanol–water partition coefficient (Wildman–Crippen LogP) is 3.05. The molecule has 0 saturated heterocycles. The summed E-state index contributed by atoms with van der Waals surface area (Å²) in [4.78, 5) is 10.9. The Morgan fingerprint density at radius 2 is 2.22 bits per heavy atom. The van der Waals surface area contributed by atoms with Crippen LogP contribution in [-0.4, -0.2) is 18.2 Å². The number of carbonyl (C=O) groups is 1. The minimum absolute atomic E-state index is 0.287. The van der Waals surface area contributed by atoms with Crippen LogP contribution in [0.1, 0.15) is 30.4 Å². The van der Waals surface area contributed by atoms with E-state index >= 15 is 0 Å². The largest absolute Gasteiger partial charge is 0.496 e. The third-order valence-corrected chi connectivity index (χ3v) is 3.68. The number of hydrogen-bond donors (Lipinski definition) is 1. The normalized spacial score (nSPS) is 16.3. The average Bonchev–Trinajstić information content (AvgIpc) is 3.11. The van der Waals surface area contributed by atoms with Crippen LogP contribution in [0, 0.1) is 18.8 Å². The molecule has 0 amide bonds. The molecule has 0 spiro atoms. The van der Waals surface area contributed by atoms with Crippen molar-refractivity contribution >= 4 is 5.97 Å². The molecule has 1 saturated carbocycles. The molecule has 98 valence electrons. The second-order valence-electron chi connectivity index (χ2n) is 5.20. The number of carboxylic acid groups (broad SMARTS) is 1. The molecule has 3 heteroatoms. The number of ether oxygens (including phenoxy) is 1. The van der Waals surface area contributed by atoms with Gasteiger partial charge in [-0.25, -0.2) is 0 Å². The maximum absolute atomic E-state index is 10.9. The van der Waals surface area contributed by atoms with Gasteiger partial charge in [-0.1, -0.05) is 12.1 Å². The molecule has 2 rings (SSSR count). The molecule has 1 aromatic rings. The molecule has 1 unspecified atom stereocenters. The van der Waals surface area contributed by atoms with Gasteiger partial charge in [-0.2, -0.15) is 0 Å². The van der Waals surface area contributed by atoms with E-state index < -0.39 is 5.97 Å². The van der Waals surface area contributed by atoms with Gasteiger partial charge in [0.1, 0.15) is 5.75 Å². The molecule has 0 aliphatic heterocycles. The summed E-state index contributed by atoms with van der Waals surface area (Å²) in [6.45, 7) is 2.02. The van der Waals surface area contributed by atoms with Gasteiger partial charge in [-0.15, -0.1) is 0 Å². The lowest BCUT2D eigenvalue weighted by Gasteiger charge is -2.15. The fourth-order valence-corrected chi connectivity index (χ4v) is 2.57. The first kappa shape index (κ1) is 12.9. The quantitative estimate of drug-likeness (QED) is 0.841. The van der Waals surface area contributed by atoms with Crippen LogP contribution in [0.3, 0.4) is 0 Å². The van der Waals surface area contributed by atoms with E-state index in [4.69, 9.17) is 9.84 Å². The second-order valence-corrected chi connectivity index (χ2v) is 5.20. The van der Waals surface area contributed by atoms with Crippen molar-refractivity contribution in [3.05, 3.63) is 29.3 Å². The number of benzene rings is 1. The Bertz CT molecular complexity index is 435. The summed E-state index contributed by atoms with van der Waals surface area (Å²) in [7, 11) is 1.67. The lowest BCUT2D eigenvalue weighted by molar-refractivity contribution is -0.138. The van der Waals surface area contributed by atoms with Gasteiger partial charge in [0, 0.05) is 6.42 Å². The van der Waals surface area contributed by atoms with E-state index in [0.717, 1.165) is 17.7 Å². The van der Waals surface area contributed by atoms with Crippen molar-refractivity contribution in [2.24, 2.45) is 11.8 Å². The molecule has 0 aromatic heterocycles. The van der Waals surface area contributed by atoms with Crippen LogP contribution in [0.25, 0.3) is 0 Å². The van der Waals surface area contributed by atoms with Gasteiger partial charge in [-0.3, -0.25) is 4.79 Å². The molecule has 1 aliphatic carbocycles. The number of hydrogen-bond acceptors (Lipinski definition) is 2. The molecule has 3 nitrogen and oxygen atoms in total. The zero-order valence-corrected chi connectivity index (χ0v) is 11.0. The maximum Gasteiger partial charge on any atom is 0.303 e. The van der Waals surface area contributed by atoms with Crippen LogP contribution >= 0.6 is 0 Å². The first-order valence-corrected chi connectivity index (χ1v) is 6.45. The van der Waals surface area contributed by atoms with E-state index in [-0.39, 0.29) is 12.3 Å². The molecule has 0 radical (unpaired) electrons. The Morgan fingerprint density at radius 1 is 1.50 bits per heavy atom. The summed E-state index contributed by atoms with van der Waals surface area (Å²) >= 11 is 0. The minimum atomic E-state index is -0.683. The minimum Gasteiger partial charge on any atom is -0.496 e. The zero-order chi connectivity index (χ0) is 13.1. The number of aryl methyl sites for hydroxylation is 1. The fraction of sp³-hybridized carbons (Fsp3) is 0.533. The van der Waals surface area contributed by atoms with Crippen LogP contribution < -0.4 is 4.74 Å². The van der Waals surface area contributed by atoms with Crippen molar-refractivity contribution in [1.29, 1.82) is 0 Å². The van der Waals surface area contributed by atoms with Crippen molar-refractivity contribution in [3.8, 4) is 5.75 Å². The van der Waals surface area contributed by atoms with Gasteiger partial charge in [0.2, 0.25) is 0 Å². The number of aliphatic carboxylic acids is 1. The lowest BCUT2D eigenvalue weighted by Crippen LogP contribution is -2.13. The topological polar surface area (TPSA) is 46.5 Å². The second kappa shape index (κ2) is 5.42. The first-order valence-electron chi connectivity index (χ1n) is 6.45. The van der Waals surface area contributed by atoms with Crippen molar-refractivity contribution in [2.75, 3.05) is 7.11 Å². The van der Waals surface area contributed by atoms with Crippen molar-refractivity contribution in [3.63, 3.8) is 0 Å². The van der Waals surface area contributed by atoms with Crippen LogP contribution in [0.5, 0.6) is 5.75 Å². The first-order chi connectivity index (χ1) is 8.60. The zero-order valence-electron chi connectivity index (χ0n) is 11.0.